The second-order valence-electron chi connectivity index (χ2n) is 7.91. The minimum absolute atomic E-state index is 0. The Balaban J connectivity index is 0.00000280. The maximum Gasteiger partial charge on any atom is 0.321 e. The van der Waals surface area contributed by atoms with Crippen molar-refractivity contribution in [3.05, 3.63) is 30.3 Å². The molecule has 6 nitrogen and oxygen atoms in total. The molecule has 0 spiro atoms. The quantitative estimate of drug-likeness (QED) is 0.700. The minimum Gasteiger partial charge on any atom is -0.353 e. The van der Waals surface area contributed by atoms with Crippen molar-refractivity contribution in [2.24, 2.45) is 11.8 Å². The van der Waals surface area contributed by atoms with E-state index in [1.165, 1.54) is 12.8 Å². The third kappa shape index (κ3) is 6.67. The van der Waals surface area contributed by atoms with Crippen molar-refractivity contribution < 1.29 is 9.59 Å². The summed E-state index contributed by atoms with van der Waals surface area (Å²) in [7, 11) is 0. The second-order valence-corrected chi connectivity index (χ2v) is 7.91. The summed E-state index contributed by atoms with van der Waals surface area (Å²) in [6.45, 7) is 5.67. The zero-order valence-electron chi connectivity index (χ0n) is 16.7. The van der Waals surface area contributed by atoms with E-state index in [9.17, 15) is 9.59 Å². The van der Waals surface area contributed by atoms with E-state index in [1.807, 2.05) is 35.2 Å². The van der Waals surface area contributed by atoms with Crippen LogP contribution in [0.25, 0.3) is 0 Å². The molecule has 28 heavy (non-hydrogen) atoms. The number of carbonyl (C=O) groups is 2. The van der Waals surface area contributed by atoms with Gasteiger partial charge in [-0.25, -0.2) is 4.79 Å². The molecular weight excluding hydrogens is 376 g/mol. The molecule has 2 aliphatic rings. The lowest BCUT2D eigenvalue weighted by Crippen LogP contribution is -2.48. The molecule has 3 rings (SSSR count). The number of hydrogen-bond acceptors (Lipinski definition) is 3. The van der Waals surface area contributed by atoms with Gasteiger partial charge in [-0.1, -0.05) is 25.1 Å². The Morgan fingerprint density at radius 2 is 1.89 bits per heavy atom. The van der Waals surface area contributed by atoms with Gasteiger partial charge >= 0.3 is 6.03 Å². The first-order chi connectivity index (χ1) is 13.1. The van der Waals surface area contributed by atoms with Crippen molar-refractivity contribution in [3.8, 4) is 0 Å². The number of hydrogen-bond donors (Lipinski definition) is 3. The number of carbonyl (C=O) groups excluding carboxylic acids is 2. The molecule has 0 radical (unpaired) electrons. The van der Waals surface area contributed by atoms with Crippen LogP contribution in [0.15, 0.2) is 30.3 Å². The number of nitrogens with zero attached hydrogens (tertiary/aromatic N) is 1. The number of piperidine rings is 2. The zero-order chi connectivity index (χ0) is 19.1. The number of nitrogens with one attached hydrogen (secondary N) is 3. The zero-order valence-corrected chi connectivity index (χ0v) is 17.5. The van der Waals surface area contributed by atoms with Crippen LogP contribution in [0, 0.1) is 11.8 Å². The molecule has 2 unspecified atom stereocenters. The SMILES string of the molecule is CC(CC(=O)NC1CCN(C(=O)Nc2ccccc2)CC1)C1CCCNC1.Cl. The van der Waals surface area contributed by atoms with Crippen LogP contribution in [-0.2, 0) is 4.79 Å². The summed E-state index contributed by atoms with van der Waals surface area (Å²) in [5.41, 5.74) is 0.809. The van der Waals surface area contributed by atoms with Gasteiger partial charge in [-0.2, -0.15) is 0 Å². The fourth-order valence-corrected chi connectivity index (χ4v) is 4.06. The van der Waals surface area contributed by atoms with Gasteiger partial charge < -0.3 is 20.9 Å². The number of rotatable bonds is 5. The molecule has 2 heterocycles. The molecular formula is C21H33ClN4O2. The number of para-hydroxylation sites is 1. The molecule has 7 heteroatoms. The Hall–Kier alpha value is -1.79. The van der Waals surface area contributed by atoms with Gasteiger partial charge in [0.2, 0.25) is 5.91 Å². The molecule has 0 aliphatic carbocycles. The van der Waals surface area contributed by atoms with Crippen molar-refractivity contribution in [3.63, 3.8) is 0 Å². The number of halogens is 1. The highest BCUT2D eigenvalue weighted by Gasteiger charge is 2.26. The fraction of sp³-hybridized carbons (Fsp3) is 0.619. The Morgan fingerprint density at radius 3 is 2.54 bits per heavy atom. The van der Waals surface area contributed by atoms with Crippen molar-refractivity contribution in [1.82, 2.24) is 15.5 Å². The molecule has 0 saturated carbocycles. The lowest BCUT2D eigenvalue weighted by molar-refractivity contribution is -0.123. The highest BCUT2D eigenvalue weighted by atomic mass is 35.5. The van der Waals surface area contributed by atoms with Crippen molar-refractivity contribution in [2.45, 2.75) is 45.1 Å². The van der Waals surface area contributed by atoms with E-state index >= 15 is 0 Å². The van der Waals surface area contributed by atoms with Gasteiger partial charge in [0.25, 0.3) is 0 Å². The van der Waals surface area contributed by atoms with E-state index in [1.54, 1.807) is 0 Å². The molecule has 3 N–H and O–H groups in total. The lowest BCUT2D eigenvalue weighted by Gasteiger charge is -2.33. The third-order valence-electron chi connectivity index (χ3n) is 5.82. The Morgan fingerprint density at radius 1 is 1.18 bits per heavy atom. The van der Waals surface area contributed by atoms with E-state index in [4.69, 9.17) is 0 Å². The first kappa shape index (κ1) is 22.5. The molecule has 0 bridgehead atoms. The largest absolute Gasteiger partial charge is 0.353 e. The molecule has 156 valence electrons. The standard InChI is InChI=1S/C21H32N4O2.ClH/c1-16(17-6-5-11-22-15-17)14-20(26)23-19-9-12-25(13-10-19)21(27)24-18-7-3-2-4-8-18;/h2-4,7-8,16-17,19,22H,5-6,9-15H2,1H3,(H,23,26)(H,24,27);1H. The van der Waals surface area contributed by atoms with E-state index in [-0.39, 0.29) is 30.4 Å². The van der Waals surface area contributed by atoms with Crippen molar-refractivity contribution >= 4 is 30.0 Å². The van der Waals surface area contributed by atoms with E-state index < -0.39 is 0 Å². The van der Waals surface area contributed by atoms with E-state index in [2.05, 4.69) is 22.9 Å². The molecule has 1 aromatic carbocycles. The molecule has 1 aromatic rings. The average Bonchev–Trinajstić information content (AvgIpc) is 2.70. The maximum atomic E-state index is 12.4. The summed E-state index contributed by atoms with van der Waals surface area (Å²) < 4.78 is 0. The van der Waals surface area contributed by atoms with Gasteiger partial charge in [-0.3, -0.25) is 4.79 Å². The van der Waals surface area contributed by atoms with Crippen LogP contribution in [0.4, 0.5) is 10.5 Å². The van der Waals surface area contributed by atoms with Gasteiger partial charge in [-0.05, 0) is 62.7 Å². The average molecular weight is 409 g/mol. The summed E-state index contributed by atoms with van der Waals surface area (Å²) in [4.78, 5) is 26.6. The van der Waals surface area contributed by atoms with Crippen LogP contribution in [0.3, 0.4) is 0 Å². The molecule has 2 atom stereocenters. The predicted octanol–water partition coefficient (Wildman–Crippen LogP) is 3.25. The predicted molar refractivity (Wildman–Crippen MR) is 115 cm³/mol. The summed E-state index contributed by atoms with van der Waals surface area (Å²) in [5.74, 6) is 1.17. The number of likely N-dealkylation sites (tertiary alicyclic amines) is 1. The smallest absolute Gasteiger partial charge is 0.321 e. The summed E-state index contributed by atoms with van der Waals surface area (Å²) in [6, 6.07) is 9.61. The van der Waals surface area contributed by atoms with Crippen molar-refractivity contribution in [1.29, 1.82) is 0 Å². The summed E-state index contributed by atoms with van der Waals surface area (Å²) in [6.07, 6.45) is 4.65. The maximum absolute atomic E-state index is 12.4. The number of amides is 3. The van der Waals surface area contributed by atoms with Gasteiger partial charge in [0.15, 0.2) is 0 Å². The fourth-order valence-electron chi connectivity index (χ4n) is 4.06. The Bertz CT molecular complexity index is 614. The molecule has 2 saturated heterocycles. The summed E-state index contributed by atoms with van der Waals surface area (Å²) in [5, 5.41) is 9.53. The van der Waals surface area contributed by atoms with Crippen LogP contribution in [0.2, 0.25) is 0 Å². The first-order valence-electron chi connectivity index (χ1n) is 10.2. The second kappa shape index (κ2) is 11.3. The molecule has 2 aliphatic heterocycles. The highest BCUT2D eigenvalue weighted by Crippen LogP contribution is 2.22. The summed E-state index contributed by atoms with van der Waals surface area (Å²) >= 11 is 0. The first-order valence-corrected chi connectivity index (χ1v) is 10.2. The minimum atomic E-state index is -0.0654. The number of anilines is 1. The number of urea groups is 1. The Labute approximate surface area is 174 Å². The topological polar surface area (TPSA) is 73.5 Å². The van der Waals surface area contributed by atoms with Gasteiger partial charge in [0, 0.05) is 31.2 Å². The third-order valence-corrected chi connectivity index (χ3v) is 5.82. The van der Waals surface area contributed by atoms with Crippen LogP contribution in [0.5, 0.6) is 0 Å². The molecule has 2 fully saturated rings. The number of benzene rings is 1. The molecule has 0 aromatic heterocycles. The van der Waals surface area contributed by atoms with Crippen LogP contribution >= 0.6 is 12.4 Å². The van der Waals surface area contributed by atoms with Gasteiger partial charge in [0.1, 0.15) is 0 Å². The van der Waals surface area contributed by atoms with Crippen molar-refractivity contribution in [2.75, 3.05) is 31.5 Å². The van der Waals surface area contributed by atoms with Crippen LogP contribution in [0.1, 0.15) is 39.0 Å². The van der Waals surface area contributed by atoms with Crippen LogP contribution in [-0.4, -0.2) is 49.1 Å². The van der Waals surface area contributed by atoms with Gasteiger partial charge in [-0.15, -0.1) is 12.4 Å². The van der Waals surface area contributed by atoms with E-state index in [0.717, 1.165) is 31.6 Å². The molecule has 3 amide bonds. The van der Waals surface area contributed by atoms with Gasteiger partial charge in [0.05, 0.1) is 0 Å². The monoisotopic (exact) mass is 408 g/mol. The normalized spacial score (nSPS) is 21.3. The lowest BCUT2D eigenvalue weighted by atomic mass is 9.85. The highest BCUT2D eigenvalue weighted by molar-refractivity contribution is 5.89. The van der Waals surface area contributed by atoms with Crippen LogP contribution < -0.4 is 16.0 Å². The van der Waals surface area contributed by atoms with E-state index in [0.29, 0.717) is 31.3 Å². The Kier molecular flexibility index (Phi) is 9.06.